The largest absolute Gasteiger partial charge is 0.493 e. The van der Waals surface area contributed by atoms with Crippen molar-refractivity contribution in [2.45, 2.75) is 64.1 Å². The fourth-order valence-corrected chi connectivity index (χ4v) is 4.74. The number of hydrogen-bond donors (Lipinski definition) is 2. The highest BCUT2D eigenvalue weighted by Gasteiger charge is 2.37. The number of hydrogen-bond acceptors (Lipinski definition) is 6. The van der Waals surface area contributed by atoms with E-state index in [1.165, 1.54) is 6.08 Å². The first-order valence-corrected chi connectivity index (χ1v) is 12.1. The third-order valence-electron chi connectivity index (χ3n) is 6.35. The SMILES string of the molecule is COc1ccccc1OC1=CC(=O)N(C(CC2CCCC2)C(=O)Nc2ccn(CC(C)(C)O)n2)C1. The number of para-hydroxylation sites is 2. The molecule has 188 valence electrons. The van der Waals surface area contributed by atoms with Crippen molar-refractivity contribution >= 4 is 17.6 Å². The zero-order valence-corrected chi connectivity index (χ0v) is 20.6. The van der Waals surface area contributed by atoms with Crippen LogP contribution in [-0.2, 0) is 16.1 Å². The zero-order chi connectivity index (χ0) is 25.0. The number of anilines is 1. The van der Waals surface area contributed by atoms with Crippen LogP contribution in [0.4, 0.5) is 5.82 Å². The fourth-order valence-electron chi connectivity index (χ4n) is 4.74. The minimum Gasteiger partial charge on any atom is -0.493 e. The first-order valence-electron chi connectivity index (χ1n) is 12.1. The van der Waals surface area contributed by atoms with Crippen LogP contribution in [-0.4, -0.2) is 56.9 Å². The van der Waals surface area contributed by atoms with Crippen LogP contribution in [0.15, 0.2) is 48.4 Å². The van der Waals surface area contributed by atoms with E-state index in [2.05, 4.69) is 10.4 Å². The fraction of sp³-hybridized carbons (Fsp3) is 0.500. The summed E-state index contributed by atoms with van der Waals surface area (Å²) in [7, 11) is 1.56. The lowest BCUT2D eigenvalue weighted by molar-refractivity contribution is -0.134. The number of nitrogens with zero attached hydrogens (tertiary/aromatic N) is 3. The van der Waals surface area contributed by atoms with Gasteiger partial charge in [0.05, 0.1) is 25.8 Å². The summed E-state index contributed by atoms with van der Waals surface area (Å²) in [5.74, 6) is 1.82. The summed E-state index contributed by atoms with van der Waals surface area (Å²) in [6, 6.07) is 8.30. The van der Waals surface area contributed by atoms with E-state index in [1.54, 1.807) is 54.9 Å². The summed E-state index contributed by atoms with van der Waals surface area (Å²) in [4.78, 5) is 28.0. The van der Waals surface area contributed by atoms with Crippen molar-refractivity contribution in [1.29, 1.82) is 0 Å². The molecule has 9 heteroatoms. The van der Waals surface area contributed by atoms with E-state index in [1.807, 2.05) is 12.1 Å². The molecular weight excluding hydrogens is 448 g/mol. The molecule has 1 aromatic heterocycles. The van der Waals surface area contributed by atoms with Crippen molar-refractivity contribution in [2.75, 3.05) is 19.0 Å². The molecule has 2 aromatic rings. The van der Waals surface area contributed by atoms with Crippen molar-refractivity contribution < 1.29 is 24.2 Å². The number of carbonyl (C=O) groups is 2. The molecule has 4 rings (SSSR count). The van der Waals surface area contributed by atoms with E-state index in [0.717, 1.165) is 25.7 Å². The predicted molar refractivity (Wildman–Crippen MR) is 131 cm³/mol. The van der Waals surface area contributed by atoms with Crippen LogP contribution in [0, 0.1) is 5.92 Å². The average Bonchev–Trinajstić information content (AvgIpc) is 3.54. The molecule has 1 aromatic carbocycles. The summed E-state index contributed by atoms with van der Waals surface area (Å²) in [5.41, 5.74) is -0.927. The maximum absolute atomic E-state index is 13.4. The van der Waals surface area contributed by atoms with Gasteiger partial charge in [-0.2, -0.15) is 5.10 Å². The molecule has 2 N–H and O–H groups in total. The van der Waals surface area contributed by atoms with Gasteiger partial charge in [-0.25, -0.2) is 0 Å². The van der Waals surface area contributed by atoms with E-state index in [4.69, 9.17) is 9.47 Å². The molecule has 1 atom stereocenters. The maximum Gasteiger partial charge on any atom is 0.251 e. The lowest BCUT2D eigenvalue weighted by atomic mass is 9.96. The number of methoxy groups -OCH3 is 1. The van der Waals surface area contributed by atoms with Gasteiger partial charge in [0.25, 0.3) is 5.91 Å². The van der Waals surface area contributed by atoms with Gasteiger partial charge >= 0.3 is 0 Å². The average molecular weight is 483 g/mol. The molecule has 1 aliphatic carbocycles. The quantitative estimate of drug-likeness (QED) is 0.538. The lowest BCUT2D eigenvalue weighted by Gasteiger charge is -2.29. The predicted octanol–water partition coefficient (Wildman–Crippen LogP) is 3.36. The van der Waals surface area contributed by atoms with Crippen LogP contribution in [0.1, 0.15) is 46.0 Å². The third kappa shape index (κ3) is 6.42. The molecule has 35 heavy (non-hydrogen) atoms. The molecule has 1 unspecified atom stereocenters. The Balaban J connectivity index is 1.47. The first-order chi connectivity index (χ1) is 16.7. The molecule has 0 bridgehead atoms. The Morgan fingerprint density at radius 3 is 2.63 bits per heavy atom. The minimum absolute atomic E-state index is 0.203. The topological polar surface area (TPSA) is 106 Å². The minimum atomic E-state index is -0.927. The van der Waals surface area contributed by atoms with Crippen molar-refractivity contribution in [3.05, 3.63) is 48.4 Å². The van der Waals surface area contributed by atoms with E-state index in [9.17, 15) is 14.7 Å². The summed E-state index contributed by atoms with van der Waals surface area (Å²) in [5, 5.41) is 17.3. The second kappa shape index (κ2) is 10.5. The molecule has 1 fully saturated rings. The van der Waals surface area contributed by atoms with Crippen LogP contribution < -0.4 is 14.8 Å². The Bertz CT molecular complexity index is 1080. The van der Waals surface area contributed by atoms with Gasteiger partial charge in [0.2, 0.25) is 5.91 Å². The second-order valence-corrected chi connectivity index (χ2v) is 9.93. The maximum atomic E-state index is 13.4. The number of ether oxygens (including phenoxy) is 2. The highest BCUT2D eigenvalue weighted by atomic mass is 16.5. The summed E-state index contributed by atoms with van der Waals surface area (Å²) in [6.07, 6.45) is 8.16. The molecule has 2 aliphatic rings. The Labute approximate surface area is 205 Å². The monoisotopic (exact) mass is 482 g/mol. The Kier molecular flexibility index (Phi) is 7.45. The van der Waals surface area contributed by atoms with Gasteiger partial charge < -0.3 is 24.8 Å². The lowest BCUT2D eigenvalue weighted by Crippen LogP contribution is -2.46. The summed E-state index contributed by atoms with van der Waals surface area (Å²) in [6.45, 7) is 3.89. The number of aromatic nitrogens is 2. The van der Waals surface area contributed by atoms with Gasteiger partial charge in [0, 0.05) is 18.3 Å². The number of aliphatic hydroxyl groups is 1. The Morgan fingerprint density at radius 2 is 1.94 bits per heavy atom. The van der Waals surface area contributed by atoms with Crippen LogP contribution in [0.2, 0.25) is 0 Å². The highest BCUT2D eigenvalue weighted by Crippen LogP contribution is 2.33. The van der Waals surface area contributed by atoms with E-state index in [-0.39, 0.29) is 18.4 Å². The normalized spacial score (nSPS) is 17.4. The number of carbonyl (C=O) groups excluding carboxylic acids is 2. The zero-order valence-electron chi connectivity index (χ0n) is 20.6. The van der Waals surface area contributed by atoms with Crippen molar-refractivity contribution in [2.24, 2.45) is 5.92 Å². The molecule has 2 heterocycles. The number of amides is 2. The number of rotatable bonds is 10. The van der Waals surface area contributed by atoms with Gasteiger partial charge in [0.15, 0.2) is 17.3 Å². The van der Waals surface area contributed by atoms with Crippen molar-refractivity contribution in [3.63, 3.8) is 0 Å². The van der Waals surface area contributed by atoms with Gasteiger partial charge in [-0.15, -0.1) is 0 Å². The molecule has 0 spiro atoms. The third-order valence-corrected chi connectivity index (χ3v) is 6.35. The molecule has 2 amide bonds. The smallest absolute Gasteiger partial charge is 0.251 e. The highest BCUT2D eigenvalue weighted by molar-refractivity contribution is 5.99. The van der Waals surface area contributed by atoms with Crippen LogP contribution in [0.5, 0.6) is 11.5 Å². The molecule has 0 radical (unpaired) electrons. The van der Waals surface area contributed by atoms with Crippen LogP contribution in [0.3, 0.4) is 0 Å². The summed E-state index contributed by atoms with van der Waals surface area (Å²) < 4.78 is 12.9. The van der Waals surface area contributed by atoms with E-state index < -0.39 is 11.6 Å². The Hall–Kier alpha value is -3.33. The van der Waals surface area contributed by atoms with Crippen molar-refractivity contribution in [3.8, 4) is 11.5 Å². The van der Waals surface area contributed by atoms with E-state index >= 15 is 0 Å². The standard InChI is InChI=1S/C26H34N4O5/c1-26(2,33)17-29-13-12-23(28-29)27-25(32)20(14-18-8-4-5-9-18)30-16-19(15-24(30)31)35-22-11-7-6-10-21(22)34-3/h6-7,10-13,15,18,20,33H,4-5,8-9,14,16-17H2,1-3H3,(H,27,28,32). The molecule has 1 saturated carbocycles. The first kappa shape index (κ1) is 24.8. The molecule has 9 nitrogen and oxygen atoms in total. The van der Waals surface area contributed by atoms with Crippen molar-refractivity contribution in [1.82, 2.24) is 14.7 Å². The Morgan fingerprint density at radius 1 is 1.23 bits per heavy atom. The molecule has 0 saturated heterocycles. The number of benzene rings is 1. The van der Waals surface area contributed by atoms with Gasteiger partial charge in [-0.3, -0.25) is 14.3 Å². The second-order valence-electron chi connectivity index (χ2n) is 9.93. The van der Waals surface area contributed by atoms with Gasteiger partial charge in [0.1, 0.15) is 11.8 Å². The molecule has 1 aliphatic heterocycles. The van der Waals surface area contributed by atoms with Crippen LogP contribution >= 0.6 is 0 Å². The van der Waals surface area contributed by atoms with Gasteiger partial charge in [-0.1, -0.05) is 37.8 Å². The number of nitrogens with one attached hydrogen (secondary N) is 1. The summed E-state index contributed by atoms with van der Waals surface area (Å²) >= 11 is 0. The van der Waals surface area contributed by atoms with Crippen LogP contribution in [0.25, 0.3) is 0 Å². The van der Waals surface area contributed by atoms with Gasteiger partial charge in [-0.05, 0) is 38.3 Å². The van der Waals surface area contributed by atoms with E-state index in [0.29, 0.717) is 42.0 Å². The molecular formula is C26H34N4O5.